The van der Waals surface area contributed by atoms with Gasteiger partial charge in [-0.15, -0.1) is 11.3 Å². The maximum Gasteiger partial charge on any atom is 0.350 e. The number of thiophene rings is 1. The summed E-state index contributed by atoms with van der Waals surface area (Å²) < 4.78 is 5.20. The number of nitrogen functional groups attached to an aromatic ring is 1. The molecule has 0 fully saturated rings. The molecule has 3 nitrogen and oxygen atoms in total. The lowest BCUT2D eigenvalue weighted by Gasteiger charge is -2.04. The molecule has 0 atom stereocenters. The fraction of sp³-hybridized carbons (Fsp3) is 0.154. The first-order chi connectivity index (χ1) is 8.18. The highest BCUT2D eigenvalue weighted by atomic mass is 32.1. The van der Waals surface area contributed by atoms with Gasteiger partial charge in [0, 0.05) is 0 Å². The summed E-state index contributed by atoms with van der Waals surface area (Å²) >= 11 is 1.32. The van der Waals surface area contributed by atoms with Gasteiger partial charge in [0.15, 0.2) is 0 Å². The van der Waals surface area contributed by atoms with Crippen molar-refractivity contribution in [1.82, 2.24) is 0 Å². The number of ether oxygens (including phenoxy) is 1. The second-order valence-electron chi connectivity index (χ2n) is 3.72. The van der Waals surface area contributed by atoms with E-state index in [4.69, 9.17) is 10.5 Å². The summed E-state index contributed by atoms with van der Waals surface area (Å²) in [6, 6.07) is 9.57. The topological polar surface area (TPSA) is 52.3 Å². The van der Waals surface area contributed by atoms with Crippen LogP contribution in [0.1, 0.15) is 20.8 Å². The Kier molecular flexibility index (Phi) is 3.44. The van der Waals surface area contributed by atoms with Gasteiger partial charge in [0.25, 0.3) is 0 Å². The maximum absolute atomic E-state index is 11.8. The number of hydrogen-bond acceptors (Lipinski definition) is 4. The Morgan fingerprint density at radius 2 is 2.06 bits per heavy atom. The van der Waals surface area contributed by atoms with Crippen LogP contribution in [0.2, 0.25) is 0 Å². The summed E-state index contributed by atoms with van der Waals surface area (Å²) in [5, 5.41) is 1.86. The van der Waals surface area contributed by atoms with Crippen molar-refractivity contribution in [2.24, 2.45) is 0 Å². The molecule has 1 aromatic heterocycles. The first kappa shape index (κ1) is 11.7. The van der Waals surface area contributed by atoms with Crippen molar-refractivity contribution in [3.05, 3.63) is 51.7 Å². The Labute approximate surface area is 104 Å². The zero-order chi connectivity index (χ0) is 12.3. The summed E-state index contributed by atoms with van der Waals surface area (Å²) in [5.41, 5.74) is 8.19. The maximum atomic E-state index is 11.8. The highest BCUT2D eigenvalue weighted by Gasteiger charge is 2.15. The number of nitrogens with two attached hydrogens (primary N) is 1. The standard InChI is InChI=1S/C13H13NO2S/c1-9-8-17-12(11(9)14)13(15)16-7-10-5-3-2-4-6-10/h2-6,8H,7,14H2,1H3. The van der Waals surface area contributed by atoms with Crippen molar-refractivity contribution in [3.63, 3.8) is 0 Å². The Balaban J connectivity index is 2.01. The van der Waals surface area contributed by atoms with Crippen molar-refractivity contribution in [3.8, 4) is 0 Å². The van der Waals surface area contributed by atoms with Gasteiger partial charge in [0.2, 0.25) is 0 Å². The van der Waals surface area contributed by atoms with Crippen LogP contribution >= 0.6 is 11.3 Å². The SMILES string of the molecule is Cc1csc(C(=O)OCc2ccccc2)c1N. The van der Waals surface area contributed by atoms with E-state index in [-0.39, 0.29) is 12.6 Å². The minimum atomic E-state index is -0.357. The van der Waals surface area contributed by atoms with Crippen molar-refractivity contribution in [1.29, 1.82) is 0 Å². The monoisotopic (exact) mass is 247 g/mol. The van der Waals surface area contributed by atoms with E-state index in [2.05, 4.69) is 0 Å². The zero-order valence-electron chi connectivity index (χ0n) is 9.47. The number of benzene rings is 1. The van der Waals surface area contributed by atoms with Gasteiger partial charge in [-0.05, 0) is 23.4 Å². The Morgan fingerprint density at radius 3 is 2.65 bits per heavy atom. The third-order valence-electron chi connectivity index (χ3n) is 2.42. The van der Waals surface area contributed by atoms with E-state index in [0.29, 0.717) is 10.6 Å². The minimum Gasteiger partial charge on any atom is -0.457 e. The van der Waals surface area contributed by atoms with E-state index in [9.17, 15) is 4.79 Å². The molecule has 1 aromatic carbocycles. The van der Waals surface area contributed by atoms with Gasteiger partial charge < -0.3 is 10.5 Å². The number of carbonyl (C=O) groups is 1. The third-order valence-corrected chi connectivity index (χ3v) is 3.51. The van der Waals surface area contributed by atoms with Gasteiger partial charge in [0.05, 0.1) is 5.69 Å². The summed E-state index contributed by atoms with van der Waals surface area (Å²) in [7, 11) is 0. The number of esters is 1. The number of anilines is 1. The molecule has 0 aliphatic heterocycles. The molecule has 0 saturated carbocycles. The van der Waals surface area contributed by atoms with Gasteiger partial charge in [-0.1, -0.05) is 30.3 Å². The zero-order valence-corrected chi connectivity index (χ0v) is 10.3. The van der Waals surface area contributed by atoms with E-state index in [1.54, 1.807) is 0 Å². The lowest BCUT2D eigenvalue weighted by molar-refractivity contribution is 0.0479. The highest BCUT2D eigenvalue weighted by molar-refractivity contribution is 7.12. The fourth-order valence-corrected chi connectivity index (χ4v) is 2.26. The molecule has 0 radical (unpaired) electrons. The molecule has 2 aromatic rings. The van der Waals surface area contributed by atoms with E-state index < -0.39 is 0 Å². The summed E-state index contributed by atoms with van der Waals surface area (Å²) in [4.78, 5) is 12.2. The Hall–Kier alpha value is -1.81. The molecule has 0 amide bonds. The van der Waals surface area contributed by atoms with E-state index in [1.807, 2.05) is 42.6 Å². The van der Waals surface area contributed by atoms with Crippen LogP contribution in [0.3, 0.4) is 0 Å². The number of hydrogen-bond donors (Lipinski definition) is 1. The van der Waals surface area contributed by atoms with Crippen LogP contribution in [-0.4, -0.2) is 5.97 Å². The minimum absolute atomic E-state index is 0.274. The highest BCUT2D eigenvalue weighted by Crippen LogP contribution is 2.25. The molecule has 0 saturated heterocycles. The van der Waals surface area contributed by atoms with Gasteiger partial charge in [0.1, 0.15) is 11.5 Å². The van der Waals surface area contributed by atoms with Crippen LogP contribution in [0.15, 0.2) is 35.7 Å². The molecule has 1 heterocycles. The average Bonchev–Trinajstić information content (AvgIpc) is 2.69. The van der Waals surface area contributed by atoms with Crippen molar-refractivity contribution in [2.75, 3.05) is 5.73 Å². The molecular formula is C13H13NO2S. The van der Waals surface area contributed by atoms with Crippen LogP contribution < -0.4 is 5.73 Å². The second kappa shape index (κ2) is 5.01. The van der Waals surface area contributed by atoms with Crippen LogP contribution in [-0.2, 0) is 11.3 Å². The Morgan fingerprint density at radius 1 is 1.35 bits per heavy atom. The molecule has 0 bridgehead atoms. The van der Waals surface area contributed by atoms with Crippen LogP contribution in [0.4, 0.5) is 5.69 Å². The molecule has 0 spiro atoms. The normalized spacial score (nSPS) is 10.2. The van der Waals surface area contributed by atoms with Crippen LogP contribution in [0.5, 0.6) is 0 Å². The fourth-order valence-electron chi connectivity index (χ4n) is 1.40. The van der Waals surface area contributed by atoms with Crippen molar-refractivity contribution in [2.45, 2.75) is 13.5 Å². The summed E-state index contributed by atoms with van der Waals surface area (Å²) in [6.07, 6.45) is 0. The van der Waals surface area contributed by atoms with Gasteiger partial charge in [-0.2, -0.15) is 0 Å². The molecule has 0 aliphatic carbocycles. The molecule has 2 rings (SSSR count). The second-order valence-corrected chi connectivity index (χ2v) is 4.60. The summed E-state index contributed by atoms with van der Waals surface area (Å²) in [5.74, 6) is -0.357. The van der Waals surface area contributed by atoms with E-state index in [0.717, 1.165) is 11.1 Å². The molecule has 0 aliphatic rings. The summed E-state index contributed by atoms with van der Waals surface area (Å²) in [6.45, 7) is 2.15. The smallest absolute Gasteiger partial charge is 0.350 e. The van der Waals surface area contributed by atoms with E-state index in [1.165, 1.54) is 11.3 Å². The van der Waals surface area contributed by atoms with Gasteiger partial charge in [-0.25, -0.2) is 4.79 Å². The van der Waals surface area contributed by atoms with Crippen LogP contribution in [0.25, 0.3) is 0 Å². The molecule has 0 unspecified atom stereocenters. The number of carbonyl (C=O) groups excluding carboxylic acids is 1. The number of rotatable bonds is 3. The third kappa shape index (κ3) is 2.65. The predicted octanol–water partition coefficient (Wildman–Crippen LogP) is 3.00. The van der Waals surface area contributed by atoms with Crippen LogP contribution in [0, 0.1) is 6.92 Å². The molecular weight excluding hydrogens is 234 g/mol. The molecule has 88 valence electrons. The number of aryl methyl sites for hydroxylation is 1. The largest absolute Gasteiger partial charge is 0.457 e. The first-order valence-corrected chi connectivity index (χ1v) is 6.11. The molecule has 17 heavy (non-hydrogen) atoms. The Bertz CT molecular complexity index is 519. The van der Waals surface area contributed by atoms with Gasteiger partial charge >= 0.3 is 5.97 Å². The lowest BCUT2D eigenvalue weighted by atomic mass is 10.2. The van der Waals surface area contributed by atoms with Crippen molar-refractivity contribution >= 4 is 23.0 Å². The van der Waals surface area contributed by atoms with Gasteiger partial charge in [-0.3, -0.25) is 0 Å². The van der Waals surface area contributed by atoms with Crippen molar-refractivity contribution < 1.29 is 9.53 Å². The predicted molar refractivity (Wildman–Crippen MR) is 69.0 cm³/mol. The average molecular weight is 247 g/mol. The first-order valence-electron chi connectivity index (χ1n) is 5.23. The molecule has 4 heteroatoms. The van der Waals surface area contributed by atoms with E-state index >= 15 is 0 Å². The quantitative estimate of drug-likeness (QED) is 0.848. The lowest BCUT2D eigenvalue weighted by Crippen LogP contribution is -2.05. The molecule has 2 N–H and O–H groups in total.